The molecule has 0 radical (unpaired) electrons. The zero-order valence-corrected chi connectivity index (χ0v) is 16.1. The minimum Gasteiger partial charge on any atom is -0.379 e. The zero-order valence-electron chi connectivity index (χ0n) is 15.3. The molecule has 0 unspecified atom stereocenters. The van der Waals surface area contributed by atoms with Gasteiger partial charge in [0.25, 0.3) is 0 Å². The minimum absolute atomic E-state index is 0.0570. The molecule has 28 heavy (non-hydrogen) atoms. The van der Waals surface area contributed by atoms with Gasteiger partial charge < -0.3 is 15.4 Å². The maximum Gasteiger partial charge on any atom is 0.238 e. The number of anilines is 2. The molecular weight excluding hydrogens is 378 g/mol. The number of amides is 2. The van der Waals surface area contributed by atoms with Gasteiger partial charge in [-0.05, 0) is 24.3 Å². The molecule has 2 amide bonds. The Morgan fingerprint density at radius 2 is 1.75 bits per heavy atom. The highest BCUT2D eigenvalue weighted by molar-refractivity contribution is 7.15. The van der Waals surface area contributed by atoms with Gasteiger partial charge in [-0.2, -0.15) is 0 Å². The monoisotopic (exact) mass is 399 g/mol. The summed E-state index contributed by atoms with van der Waals surface area (Å²) in [5.41, 5.74) is 2.11. The Morgan fingerprint density at radius 1 is 1.07 bits per heavy atom. The van der Waals surface area contributed by atoms with Crippen LogP contribution in [0.15, 0.2) is 42.0 Å². The van der Waals surface area contributed by atoms with E-state index in [1.807, 2.05) is 22.2 Å². The first kappa shape index (κ1) is 18.6. The van der Waals surface area contributed by atoms with E-state index < -0.39 is 0 Å². The summed E-state index contributed by atoms with van der Waals surface area (Å²) in [4.78, 5) is 31.7. The summed E-state index contributed by atoms with van der Waals surface area (Å²) in [5.74, 6) is -0.187. The van der Waals surface area contributed by atoms with Crippen molar-refractivity contribution in [2.45, 2.75) is 6.42 Å². The van der Waals surface area contributed by atoms with E-state index in [2.05, 4.69) is 20.5 Å². The van der Waals surface area contributed by atoms with Crippen molar-refractivity contribution in [2.24, 2.45) is 0 Å². The van der Waals surface area contributed by atoms with Crippen LogP contribution in [-0.2, 0) is 20.7 Å². The summed E-state index contributed by atoms with van der Waals surface area (Å²) in [6.45, 7) is 3.22. The van der Waals surface area contributed by atoms with Crippen LogP contribution in [0.5, 0.6) is 0 Å². The number of carbonyl (C=O) groups excluding carboxylic acids is 2. The molecule has 1 aliphatic rings. The van der Waals surface area contributed by atoms with Gasteiger partial charge in [0, 0.05) is 42.2 Å². The number of fused-ring (bicyclic) bond motifs is 1. The van der Waals surface area contributed by atoms with E-state index in [-0.39, 0.29) is 18.2 Å². The van der Waals surface area contributed by atoms with E-state index in [0.717, 1.165) is 23.7 Å². The molecule has 8 nitrogen and oxygen atoms in total. The number of morpholine rings is 1. The van der Waals surface area contributed by atoms with Gasteiger partial charge in [-0.15, -0.1) is 11.3 Å². The first-order valence-corrected chi connectivity index (χ1v) is 9.95. The predicted octanol–water partition coefficient (Wildman–Crippen LogP) is 1.85. The lowest BCUT2D eigenvalue weighted by molar-refractivity contribution is -0.118. The third-order valence-corrected chi connectivity index (χ3v) is 5.18. The summed E-state index contributed by atoms with van der Waals surface area (Å²) >= 11 is 1.53. The van der Waals surface area contributed by atoms with Crippen molar-refractivity contribution in [1.29, 1.82) is 0 Å². The van der Waals surface area contributed by atoms with Crippen LogP contribution in [-0.4, -0.2) is 58.9 Å². The topological polar surface area (TPSA) is 88.0 Å². The Morgan fingerprint density at radius 3 is 2.43 bits per heavy atom. The van der Waals surface area contributed by atoms with Gasteiger partial charge in [-0.1, -0.05) is 0 Å². The summed E-state index contributed by atoms with van der Waals surface area (Å²) < 4.78 is 7.18. The predicted molar refractivity (Wildman–Crippen MR) is 108 cm³/mol. The molecule has 0 bridgehead atoms. The van der Waals surface area contributed by atoms with Crippen LogP contribution in [0.1, 0.15) is 5.69 Å². The second-order valence-corrected chi connectivity index (χ2v) is 7.44. The molecule has 1 fully saturated rings. The van der Waals surface area contributed by atoms with Crippen LogP contribution in [0, 0.1) is 0 Å². The number of rotatable bonds is 6. The maximum absolute atomic E-state index is 12.2. The number of imidazole rings is 1. The molecule has 4 rings (SSSR count). The number of hydrogen-bond acceptors (Lipinski definition) is 6. The molecule has 3 aromatic rings. The Bertz CT molecular complexity index is 931. The van der Waals surface area contributed by atoms with E-state index in [4.69, 9.17) is 4.74 Å². The number of carbonyl (C=O) groups is 2. The molecule has 1 aromatic carbocycles. The summed E-state index contributed by atoms with van der Waals surface area (Å²) in [7, 11) is 0. The lowest BCUT2D eigenvalue weighted by Gasteiger charge is -2.25. The second kappa shape index (κ2) is 8.51. The average Bonchev–Trinajstić information content (AvgIpc) is 3.25. The van der Waals surface area contributed by atoms with E-state index in [1.165, 1.54) is 11.3 Å². The summed E-state index contributed by atoms with van der Waals surface area (Å²) in [6, 6.07) is 7.10. The molecule has 1 aliphatic heterocycles. The van der Waals surface area contributed by atoms with Crippen LogP contribution < -0.4 is 10.6 Å². The molecule has 2 N–H and O–H groups in total. The zero-order chi connectivity index (χ0) is 19.3. The van der Waals surface area contributed by atoms with Gasteiger partial charge in [-0.25, -0.2) is 4.98 Å². The van der Waals surface area contributed by atoms with Crippen LogP contribution in [0.4, 0.5) is 11.4 Å². The average molecular weight is 399 g/mol. The Labute approximate surface area is 166 Å². The molecule has 2 aromatic heterocycles. The molecule has 9 heteroatoms. The van der Waals surface area contributed by atoms with E-state index in [1.54, 1.807) is 24.3 Å². The third-order valence-electron chi connectivity index (χ3n) is 4.41. The number of thiazole rings is 1. The number of hydrogen-bond donors (Lipinski definition) is 2. The van der Waals surface area contributed by atoms with Gasteiger partial charge in [0.1, 0.15) is 0 Å². The summed E-state index contributed by atoms with van der Waals surface area (Å²) in [5, 5.41) is 7.68. The minimum atomic E-state index is -0.130. The molecule has 3 heterocycles. The SMILES string of the molecule is O=C(Cc1cn2ccsc2n1)Nc1ccc(NC(=O)CN2CCOCC2)cc1. The van der Waals surface area contributed by atoms with Crippen molar-refractivity contribution < 1.29 is 14.3 Å². The number of benzene rings is 1. The Balaban J connectivity index is 1.27. The molecule has 146 valence electrons. The van der Waals surface area contributed by atoms with Gasteiger partial charge >= 0.3 is 0 Å². The summed E-state index contributed by atoms with van der Waals surface area (Å²) in [6.07, 6.45) is 3.99. The molecule has 0 spiro atoms. The quantitative estimate of drug-likeness (QED) is 0.661. The smallest absolute Gasteiger partial charge is 0.238 e. The standard InChI is InChI=1S/C19H21N5O3S/c25-17(11-16-12-24-7-10-28-19(24)22-16)20-14-1-3-15(4-2-14)21-18(26)13-23-5-8-27-9-6-23/h1-4,7,10,12H,5-6,8-9,11,13H2,(H,20,25)(H,21,26). The largest absolute Gasteiger partial charge is 0.379 e. The first-order chi connectivity index (χ1) is 13.7. The first-order valence-electron chi connectivity index (χ1n) is 9.07. The Kier molecular flexibility index (Phi) is 5.65. The molecule has 1 saturated heterocycles. The highest BCUT2D eigenvalue weighted by atomic mass is 32.1. The highest BCUT2D eigenvalue weighted by Gasteiger charge is 2.14. The lowest BCUT2D eigenvalue weighted by atomic mass is 10.2. The maximum atomic E-state index is 12.2. The normalized spacial score (nSPS) is 14.9. The number of nitrogens with one attached hydrogen (secondary N) is 2. The van der Waals surface area contributed by atoms with E-state index in [0.29, 0.717) is 31.1 Å². The fourth-order valence-electron chi connectivity index (χ4n) is 3.03. The fourth-order valence-corrected chi connectivity index (χ4v) is 3.75. The van der Waals surface area contributed by atoms with Crippen molar-refractivity contribution in [3.05, 3.63) is 47.7 Å². The van der Waals surface area contributed by atoms with Crippen molar-refractivity contribution in [2.75, 3.05) is 43.5 Å². The van der Waals surface area contributed by atoms with E-state index >= 15 is 0 Å². The van der Waals surface area contributed by atoms with Crippen LogP contribution in [0.25, 0.3) is 4.96 Å². The van der Waals surface area contributed by atoms with Gasteiger partial charge in [0.15, 0.2) is 4.96 Å². The van der Waals surface area contributed by atoms with Gasteiger partial charge in [-0.3, -0.25) is 18.9 Å². The number of aromatic nitrogens is 2. The Hall–Kier alpha value is -2.75. The van der Waals surface area contributed by atoms with E-state index in [9.17, 15) is 9.59 Å². The van der Waals surface area contributed by atoms with Crippen LogP contribution in [0.2, 0.25) is 0 Å². The number of nitrogens with zero attached hydrogens (tertiary/aromatic N) is 3. The van der Waals surface area contributed by atoms with Crippen molar-refractivity contribution >= 4 is 39.5 Å². The fraction of sp³-hybridized carbons (Fsp3) is 0.316. The molecule has 0 atom stereocenters. The van der Waals surface area contributed by atoms with Crippen LogP contribution in [0.3, 0.4) is 0 Å². The van der Waals surface area contributed by atoms with Crippen molar-refractivity contribution in [3.63, 3.8) is 0 Å². The van der Waals surface area contributed by atoms with Crippen LogP contribution >= 0.6 is 11.3 Å². The molecule has 0 aliphatic carbocycles. The number of ether oxygens (including phenoxy) is 1. The second-order valence-electron chi connectivity index (χ2n) is 6.56. The van der Waals surface area contributed by atoms with Crippen molar-refractivity contribution in [3.8, 4) is 0 Å². The molecular formula is C19H21N5O3S. The van der Waals surface area contributed by atoms with Crippen molar-refractivity contribution in [1.82, 2.24) is 14.3 Å². The van der Waals surface area contributed by atoms with Gasteiger partial charge in [0.2, 0.25) is 11.8 Å². The molecule has 0 saturated carbocycles. The highest BCUT2D eigenvalue weighted by Crippen LogP contribution is 2.15. The van der Waals surface area contributed by atoms with Gasteiger partial charge in [0.05, 0.1) is 31.9 Å². The lowest BCUT2D eigenvalue weighted by Crippen LogP contribution is -2.41. The third kappa shape index (κ3) is 4.75.